The number of aryl methyl sites for hydroxylation is 2. The van der Waals surface area contributed by atoms with Crippen LogP contribution < -0.4 is 0 Å². The summed E-state index contributed by atoms with van der Waals surface area (Å²) >= 11 is 0. The Morgan fingerprint density at radius 3 is 2.42 bits per heavy atom. The third-order valence-electron chi connectivity index (χ3n) is 2.93. The Morgan fingerprint density at radius 2 is 2.00 bits per heavy atom. The zero-order valence-corrected chi connectivity index (χ0v) is 11.8. The smallest absolute Gasteiger partial charge is 0.339 e. The number of rotatable bonds is 2. The summed E-state index contributed by atoms with van der Waals surface area (Å²) < 4.78 is 7.13. The Labute approximate surface area is 111 Å². The molecule has 0 radical (unpaired) electrons. The van der Waals surface area contributed by atoms with Gasteiger partial charge in [0, 0.05) is 11.8 Å². The Bertz CT molecular complexity index is 630. The first-order valence-corrected chi connectivity index (χ1v) is 6.11. The Hall–Kier alpha value is -2.04. The molecule has 0 amide bonds. The molecule has 0 unspecified atom stereocenters. The molecule has 2 heterocycles. The lowest BCUT2D eigenvalue weighted by atomic mass is 10.1. The van der Waals surface area contributed by atoms with Crippen molar-refractivity contribution in [1.29, 1.82) is 0 Å². The molecule has 0 saturated carbocycles. The molecule has 2 aromatic heterocycles. The van der Waals surface area contributed by atoms with E-state index in [0.29, 0.717) is 11.5 Å². The average Bonchev–Trinajstić information content (AvgIpc) is 2.80. The van der Waals surface area contributed by atoms with Gasteiger partial charge in [-0.3, -0.25) is 4.68 Å². The van der Waals surface area contributed by atoms with Gasteiger partial charge in [-0.15, -0.1) is 0 Å². The van der Waals surface area contributed by atoms with Crippen LogP contribution in [-0.2, 0) is 5.54 Å². The highest BCUT2D eigenvalue weighted by molar-refractivity contribution is 5.94. The Morgan fingerprint density at radius 1 is 1.37 bits per heavy atom. The van der Waals surface area contributed by atoms with E-state index in [0.717, 1.165) is 11.3 Å². The van der Waals surface area contributed by atoms with Crippen LogP contribution in [0.5, 0.6) is 0 Å². The molecule has 0 saturated heterocycles. The van der Waals surface area contributed by atoms with Crippen LogP contribution in [0.15, 0.2) is 16.7 Å². The largest absolute Gasteiger partial charge is 0.478 e. The van der Waals surface area contributed by atoms with Crippen LogP contribution in [0.25, 0.3) is 11.3 Å². The van der Waals surface area contributed by atoms with Gasteiger partial charge in [0.1, 0.15) is 22.8 Å². The standard InChI is InChI=1S/C14H18N2O3/c1-8-6-10(9(2)19-8)12-11(13(17)18)7-16(15-12)14(3,4)5/h6-7H,1-5H3,(H,17,18). The number of hydrogen-bond acceptors (Lipinski definition) is 3. The predicted molar refractivity (Wildman–Crippen MR) is 71.4 cm³/mol. The maximum Gasteiger partial charge on any atom is 0.339 e. The lowest BCUT2D eigenvalue weighted by Crippen LogP contribution is -2.22. The summed E-state index contributed by atoms with van der Waals surface area (Å²) in [5, 5.41) is 13.7. The highest BCUT2D eigenvalue weighted by Gasteiger charge is 2.24. The summed E-state index contributed by atoms with van der Waals surface area (Å²) in [7, 11) is 0. The van der Waals surface area contributed by atoms with Gasteiger partial charge >= 0.3 is 5.97 Å². The summed E-state index contributed by atoms with van der Waals surface area (Å²) in [4.78, 5) is 11.4. The van der Waals surface area contributed by atoms with E-state index in [2.05, 4.69) is 5.10 Å². The van der Waals surface area contributed by atoms with E-state index in [1.54, 1.807) is 10.9 Å². The van der Waals surface area contributed by atoms with E-state index < -0.39 is 5.97 Å². The van der Waals surface area contributed by atoms with Crippen molar-refractivity contribution in [3.05, 3.63) is 29.3 Å². The lowest BCUT2D eigenvalue weighted by molar-refractivity contribution is 0.0697. The van der Waals surface area contributed by atoms with E-state index >= 15 is 0 Å². The first-order valence-electron chi connectivity index (χ1n) is 6.11. The molecule has 0 atom stereocenters. The number of carboxylic acids is 1. The third kappa shape index (κ3) is 2.41. The molecule has 0 aromatic carbocycles. The molecule has 102 valence electrons. The molecule has 5 nitrogen and oxygen atoms in total. The molecule has 2 rings (SSSR count). The van der Waals surface area contributed by atoms with E-state index in [9.17, 15) is 9.90 Å². The lowest BCUT2D eigenvalue weighted by Gasteiger charge is -2.18. The second kappa shape index (κ2) is 4.26. The SMILES string of the molecule is Cc1cc(-c2nn(C(C)(C)C)cc2C(=O)O)c(C)o1. The zero-order valence-electron chi connectivity index (χ0n) is 11.8. The van der Waals surface area contributed by atoms with Gasteiger partial charge in [0.2, 0.25) is 0 Å². The molecule has 0 aliphatic rings. The summed E-state index contributed by atoms with van der Waals surface area (Å²) in [5.74, 6) is 0.442. The fourth-order valence-electron chi connectivity index (χ4n) is 1.94. The molecule has 0 aliphatic carbocycles. The molecule has 0 aliphatic heterocycles. The molecule has 5 heteroatoms. The van der Waals surface area contributed by atoms with Gasteiger partial charge in [0.15, 0.2) is 0 Å². The summed E-state index contributed by atoms with van der Waals surface area (Å²) in [6.45, 7) is 9.57. The maximum atomic E-state index is 11.4. The fourth-order valence-corrected chi connectivity index (χ4v) is 1.94. The van der Waals surface area contributed by atoms with Crippen molar-refractivity contribution in [2.75, 3.05) is 0 Å². The molecular formula is C14H18N2O3. The molecule has 0 spiro atoms. The minimum atomic E-state index is -0.983. The molecular weight excluding hydrogens is 244 g/mol. The van der Waals surface area contributed by atoms with Crippen molar-refractivity contribution in [3.8, 4) is 11.3 Å². The fraction of sp³-hybridized carbons (Fsp3) is 0.429. The number of hydrogen-bond donors (Lipinski definition) is 1. The second-order valence-corrected chi connectivity index (χ2v) is 5.64. The van der Waals surface area contributed by atoms with E-state index in [4.69, 9.17) is 4.42 Å². The predicted octanol–water partition coefficient (Wildman–Crippen LogP) is 3.21. The molecule has 19 heavy (non-hydrogen) atoms. The summed E-state index contributed by atoms with van der Waals surface area (Å²) in [6.07, 6.45) is 1.57. The highest BCUT2D eigenvalue weighted by atomic mass is 16.4. The van der Waals surface area contributed by atoms with Crippen molar-refractivity contribution in [2.24, 2.45) is 0 Å². The van der Waals surface area contributed by atoms with Crippen LogP contribution in [0.2, 0.25) is 0 Å². The van der Waals surface area contributed by atoms with Crippen LogP contribution in [0.4, 0.5) is 0 Å². The van der Waals surface area contributed by atoms with Gasteiger partial charge in [-0.25, -0.2) is 4.79 Å². The second-order valence-electron chi connectivity index (χ2n) is 5.64. The van der Waals surface area contributed by atoms with E-state index in [-0.39, 0.29) is 11.1 Å². The van der Waals surface area contributed by atoms with Crippen molar-refractivity contribution >= 4 is 5.97 Å². The Balaban J connectivity index is 2.65. The summed E-state index contributed by atoms with van der Waals surface area (Å²) in [5.41, 5.74) is 1.11. The molecule has 0 fully saturated rings. The maximum absolute atomic E-state index is 11.4. The molecule has 2 aromatic rings. The topological polar surface area (TPSA) is 68.3 Å². The van der Waals surface area contributed by atoms with E-state index in [1.807, 2.05) is 40.7 Å². The normalized spacial score (nSPS) is 11.8. The zero-order chi connectivity index (χ0) is 14.4. The van der Waals surface area contributed by atoms with Crippen molar-refractivity contribution < 1.29 is 14.3 Å². The Kier molecular flexibility index (Phi) is 3.00. The number of nitrogens with zero attached hydrogens (tertiary/aromatic N) is 2. The van der Waals surface area contributed by atoms with Gasteiger partial charge in [0.25, 0.3) is 0 Å². The van der Waals surface area contributed by atoms with Crippen LogP contribution in [0, 0.1) is 13.8 Å². The number of aromatic carboxylic acids is 1. The van der Waals surface area contributed by atoms with Crippen molar-refractivity contribution in [3.63, 3.8) is 0 Å². The van der Waals surface area contributed by atoms with E-state index in [1.165, 1.54) is 0 Å². The minimum absolute atomic E-state index is 0.193. The van der Waals surface area contributed by atoms with Crippen molar-refractivity contribution in [1.82, 2.24) is 9.78 Å². The van der Waals surface area contributed by atoms with Gasteiger partial charge in [-0.2, -0.15) is 5.10 Å². The summed E-state index contributed by atoms with van der Waals surface area (Å²) in [6, 6.07) is 1.82. The average molecular weight is 262 g/mol. The van der Waals surface area contributed by atoms with Gasteiger partial charge in [0.05, 0.1) is 5.54 Å². The number of furan rings is 1. The molecule has 1 N–H and O–H groups in total. The van der Waals surface area contributed by atoms with Crippen LogP contribution in [0.3, 0.4) is 0 Å². The number of aromatic nitrogens is 2. The highest BCUT2D eigenvalue weighted by Crippen LogP contribution is 2.29. The van der Waals surface area contributed by atoms with Gasteiger partial charge in [-0.1, -0.05) is 0 Å². The van der Waals surface area contributed by atoms with Crippen LogP contribution in [0.1, 0.15) is 42.6 Å². The first-order chi connectivity index (χ1) is 8.70. The van der Waals surface area contributed by atoms with Crippen LogP contribution in [-0.4, -0.2) is 20.9 Å². The van der Waals surface area contributed by atoms with Gasteiger partial charge < -0.3 is 9.52 Å². The minimum Gasteiger partial charge on any atom is -0.478 e. The number of carbonyl (C=O) groups is 1. The van der Waals surface area contributed by atoms with Crippen LogP contribution >= 0.6 is 0 Å². The quantitative estimate of drug-likeness (QED) is 0.902. The number of carboxylic acid groups (broad SMARTS) is 1. The van der Waals surface area contributed by atoms with Gasteiger partial charge in [-0.05, 0) is 40.7 Å². The van der Waals surface area contributed by atoms with Crippen molar-refractivity contribution in [2.45, 2.75) is 40.2 Å². The molecule has 0 bridgehead atoms. The third-order valence-corrected chi connectivity index (χ3v) is 2.93. The first kappa shape index (κ1) is 13.4. The monoisotopic (exact) mass is 262 g/mol.